The van der Waals surface area contributed by atoms with Crippen molar-refractivity contribution in [1.82, 2.24) is 54.7 Å². The fraction of sp³-hybridized carbons (Fsp3) is 0.477. The quantitative estimate of drug-likeness (QED) is 0.117. The van der Waals surface area contributed by atoms with Crippen molar-refractivity contribution in [2.24, 2.45) is 0 Å². The molecule has 0 aromatic carbocycles. The summed E-state index contributed by atoms with van der Waals surface area (Å²) in [6.45, 7) is 7.72. The van der Waals surface area contributed by atoms with Gasteiger partial charge in [0.25, 0.3) is 0 Å². The van der Waals surface area contributed by atoms with Gasteiger partial charge in [-0.05, 0) is 69.6 Å². The van der Waals surface area contributed by atoms with E-state index in [-0.39, 0.29) is 0 Å². The smallest absolute Gasteiger partial charge is 0.143 e. The molecule has 318 valence electrons. The Morgan fingerprint density at radius 3 is 1.69 bits per heavy atom. The standard InChI is InChI=1S/C25H29N7O2.C19H23ClN6O/c1-33-19-10-16(12-26-13-19)21-11-20-22(14-27-21)31-25-23(20)24(28-15-29-25)30-17-2-4-18(5-3-17)32-6-8-34-9-7-32;20-16-9-14-15(10-21-16)25-19-17(14)18(22-11-23-19)24-12-1-3-13(4-2-12)26-5-7-27-8-6-26/h10-15,17-18H,2-9H2,1H3,(H2,28,29,30,31);9-13H,1-8H2,(H2,22,23,24,25). The molecule has 61 heavy (non-hydrogen) atoms. The van der Waals surface area contributed by atoms with E-state index in [2.05, 4.69) is 71.4 Å². The lowest BCUT2D eigenvalue weighted by Crippen LogP contribution is -2.46. The van der Waals surface area contributed by atoms with E-state index >= 15 is 0 Å². The van der Waals surface area contributed by atoms with Crippen LogP contribution in [-0.4, -0.2) is 139 Å². The van der Waals surface area contributed by atoms with Crippen LogP contribution >= 0.6 is 11.6 Å². The second-order valence-corrected chi connectivity index (χ2v) is 16.9. The number of hydrogen-bond acceptors (Lipinski definition) is 14. The van der Waals surface area contributed by atoms with E-state index in [1.54, 1.807) is 38.4 Å². The Labute approximate surface area is 358 Å². The van der Waals surface area contributed by atoms with Crippen molar-refractivity contribution in [2.75, 3.05) is 70.3 Å². The predicted molar refractivity (Wildman–Crippen MR) is 237 cm³/mol. The summed E-state index contributed by atoms with van der Waals surface area (Å²) in [6.07, 6.45) is 19.7. The summed E-state index contributed by atoms with van der Waals surface area (Å²) in [5.41, 5.74) is 5.23. The number of pyridine rings is 3. The molecule has 11 rings (SSSR count). The largest absolute Gasteiger partial charge is 0.495 e. The van der Waals surface area contributed by atoms with Gasteiger partial charge >= 0.3 is 0 Å². The molecule has 2 saturated heterocycles. The van der Waals surface area contributed by atoms with E-state index in [4.69, 9.17) is 25.8 Å². The maximum Gasteiger partial charge on any atom is 0.143 e. The Morgan fingerprint density at radius 1 is 0.623 bits per heavy atom. The highest BCUT2D eigenvalue weighted by Crippen LogP contribution is 2.35. The normalized spacial score (nSPS) is 22.9. The van der Waals surface area contributed by atoms with Crippen molar-refractivity contribution in [3.8, 4) is 17.0 Å². The highest BCUT2D eigenvalue weighted by molar-refractivity contribution is 6.30. The average Bonchev–Trinajstić information content (AvgIpc) is 3.89. The molecule has 4 aliphatic rings. The van der Waals surface area contributed by atoms with Crippen LogP contribution in [0.1, 0.15) is 51.4 Å². The average molecular weight is 846 g/mol. The second kappa shape index (κ2) is 18.0. The first-order valence-corrected chi connectivity index (χ1v) is 22.0. The maximum absolute atomic E-state index is 6.11. The highest BCUT2D eigenvalue weighted by atomic mass is 35.5. The number of methoxy groups -OCH3 is 1. The van der Waals surface area contributed by atoms with Crippen LogP contribution in [0.2, 0.25) is 5.15 Å². The summed E-state index contributed by atoms with van der Waals surface area (Å²) in [5, 5.41) is 11.9. The number of nitrogens with one attached hydrogen (secondary N) is 4. The first kappa shape index (κ1) is 39.9. The number of fused-ring (bicyclic) bond motifs is 6. The molecule has 0 radical (unpaired) electrons. The lowest BCUT2D eigenvalue weighted by atomic mass is 9.90. The molecule has 0 atom stereocenters. The molecule has 2 aliphatic heterocycles. The molecule has 7 aromatic rings. The van der Waals surface area contributed by atoms with E-state index in [1.165, 1.54) is 25.7 Å². The van der Waals surface area contributed by atoms with Gasteiger partial charge in [-0.1, -0.05) is 11.6 Å². The fourth-order valence-electron chi connectivity index (χ4n) is 9.71. The Hall–Kier alpha value is -5.26. The Morgan fingerprint density at radius 2 is 1.15 bits per heavy atom. The zero-order valence-corrected chi connectivity index (χ0v) is 35.2. The fourth-order valence-corrected chi connectivity index (χ4v) is 9.87. The third-order valence-corrected chi connectivity index (χ3v) is 13.2. The molecule has 17 heteroatoms. The van der Waals surface area contributed by atoms with Gasteiger partial charge in [-0.2, -0.15) is 0 Å². The van der Waals surface area contributed by atoms with Crippen LogP contribution in [0.3, 0.4) is 0 Å². The molecule has 16 nitrogen and oxygen atoms in total. The van der Waals surface area contributed by atoms with Gasteiger partial charge in [0.1, 0.15) is 46.5 Å². The van der Waals surface area contributed by atoms with Gasteiger partial charge < -0.3 is 34.8 Å². The van der Waals surface area contributed by atoms with Crippen LogP contribution in [0.15, 0.2) is 55.6 Å². The zero-order chi connectivity index (χ0) is 41.1. The zero-order valence-electron chi connectivity index (χ0n) is 34.4. The number of ether oxygens (including phenoxy) is 3. The first-order valence-electron chi connectivity index (χ1n) is 21.6. The lowest BCUT2D eigenvalue weighted by molar-refractivity contribution is 0.00788. The number of aromatic nitrogens is 9. The highest BCUT2D eigenvalue weighted by Gasteiger charge is 2.29. The second-order valence-electron chi connectivity index (χ2n) is 16.5. The minimum absolute atomic E-state index is 0.407. The van der Waals surface area contributed by atoms with Gasteiger partial charge in [0.05, 0.1) is 79.6 Å². The predicted octanol–water partition coefficient (Wildman–Crippen LogP) is 6.85. The van der Waals surface area contributed by atoms with Crippen LogP contribution in [0.4, 0.5) is 11.6 Å². The maximum atomic E-state index is 6.11. The summed E-state index contributed by atoms with van der Waals surface area (Å²) >= 11 is 6.11. The number of H-pyrrole nitrogens is 2. The number of nitrogens with zero attached hydrogens (tertiary/aromatic N) is 9. The molecule has 0 spiro atoms. The van der Waals surface area contributed by atoms with Crippen molar-refractivity contribution in [2.45, 2.75) is 75.5 Å². The van der Waals surface area contributed by atoms with E-state index in [9.17, 15) is 0 Å². The number of hydrogen-bond donors (Lipinski definition) is 4. The SMILES string of the molecule is COc1cncc(-c2cc3c(cn2)[nH]c2ncnc(NC4CCC(N5CCOCC5)CC4)c23)c1.Clc1cc2c(cn1)[nH]c1ncnc(NC3CCC(N4CCOCC4)CC3)c12. The van der Waals surface area contributed by atoms with Crippen molar-refractivity contribution in [1.29, 1.82) is 0 Å². The number of halogens is 1. The van der Waals surface area contributed by atoms with Gasteiger partial charge in [0.2, 0.25) is 0 Å². The van der Waals surface area contributed by atoms with Crippen LogP contribution < -0.4 is 15.4 Å². The summed E-state index contributed by atoms with van der Waals surface area (Å²) in [6, 6.07) is 8.10. The van der Waals surface area contributed by atoms with Crippen LogP contribution in [0.25, 0.3) is 55.1 Å². The number of anilines is 2. The molecule has 4 fully saturated rings. The van der Waals surface area contributed by atoms with Crippen LogP contribution in [-0.2, 0) is 9.47 Å². The topological polar surface area (TPSA) is 180 Å². The Kier molecular flexibility index (Phi) is 11.8. The molecule has 2 saturated carbocycles. The van der Waals surface area contributed by atoms with Gasteiger partial charge in [-0.15, -0.1) is 0 Å². The van der Waals surface area contributed by atoms with Gasteiger partial charge in [-0.25, -0.2) is 24.9 Å². The molecule has 0 amide bonds. The molecular formula is C44H52ClN13O3. The number of morpholine rings is 2. The minimum atomic E-state index is 0.407. The van der Waals surface area contributed by atoms with Crippen LogP contribution in [0, 0.1) is 0 Å². The summed E-state index contributed by atoms with van der Waals surface area (Å²) in [4.78, 5) is 43.0. The Balaban J connectivity index is 0.000000150. The molecule has 9 heterocycles. The Bertz CT molecular complexity index is 2590. The lowest BCUT2D eigenvalue weighted by Gasteiger charge is -2.39. The molecule has 0 bridgehead atoms. The molecule has 0 unspecified atom stereocenters. The van der Waals surface area contributed by atoms with Gasteiger partial charge in [0, 0.05) is 72.9 Å². The molecule has 7 aromatic heterocycles. The summed E-state index contributed by atoms with van der Waals surface area (Å²) in [7, 11) is 1.64. The number of rotatable bonds is 8. The summed E-state index contributed by atoms with van der Waals surface area (Å²) < 4.78 is 16.3. The molecule has 4 N–H and O–H groups in total. The van der Waals surface area contributed by atoms with Crippen molar-refractivity contribution in [3.05, 3.63) is 60.8 Å². The number of aromatic amines is 2. The molecular weight excluding hydrogens is 794 g/mol. The first-order chi connectivity index (χ1) is 30.1. The summed E-state index contributed by atoms with van der Waals surface area (Å²) in [5.74, 6) is 2.46. The molecule has 2 aliphatic carbocycles. The van der Waals surface area contributed by atoms with Crippen molar-refractivity contribution < 1.29 is 14.2 Å². The van der Waals surface area contributed by atoms with E-state index in [1.807, 2.05) is 18.3 Å². The van der Waals surface area contributed by atoms with Gasteiger partial charge in [0.15, 0.2) is 0 Å². The van der Waals surface area contributed by atoms with E-state index in [0.29, 0.717) is 35.1 Å². The van der Waals surface area contributed by atoms with Crippen molar-refractivity contribution in [3.63, 3.8) is 0 Å². The third-order valence-electron chi connectivity index (χ3n) is 13.0. The van der Waals surface area contributed by atoms with E-state index < -0.39 is 0 Å². The monoisotopic (exact) mass is 845 g/mol. The van der Waals surface area contributed by atoms with Gasteiger partial charge in [-0.3, -0.25) is 19.8 Å². The van der Waals surface area contributed by atoms with E-state index in [0.717, 1.165) is 145 Å². The third kappa shape index (κ3) is 8.64. The van der Waals surface area contributed by atoms with Crippen molar-refractivity contribution >= 4 is 67.1 Å². The minimum Gasteiger partial charge on any atom is -0.495 e. The van der Waals surface area contributed by atoms with Crippen LogP contribution in [0.5, 0.6) is 5.75 Å².